The summed E-state index contributed by atoms with van der Waals surface area (Å²) >= 11 is 0. The lowest BCUT2D eigenvalue weighted by atomic mass is 10.1. The Kier molecular flexibility index (Phi) is 6.51. The van der Waals surface area contributed by atoms with Crippen molar-refractivity contribution < 1.29 is 17.7 Å². The van der Waals surface area contributed by atoms with Gasteiger partial charge in [-0.15, -0.1) is 0 Å². The lowest BCUT2D eigenvalue weighted by Gasteiger charge is -2.24. The van der Waals surface area contributed by atoms with Gasteiger partial charge in [-0.1, -0.05) is 60.1 Å². The van der Waals surface area contributed by atoms with Gasteiger partial charge in [-0.25, -0.2) is 8.42 Å². The summed E-state index contributed by atoms with van der Waals surface area (Å²) in [4.78, 5) is 16.7. The molecule has 1 heterocycles. The van der Waals surface area contributed by atoms with Crippen LogP contribution in [0.15, 0.2) is 53.1 Å². The quantitative estimate of drug-likeness (QED) is 0.591. The van der Waals surface area contributed by atoms with Gasteiger partial charge < -0.3 is 9.84 Å². The molecule has 0 fully saturated rings. The third-order valence-electron chi connectivity index (χ3n) is 4.54. The first-order valence-corrected chi connectivity index (χ1v) is 11.3. The number of amides is 1. The van der Waals surface area contributed by atoms with E-state index in [2.05, 4.69) is 15.5 Å². The Morgan fingerprint density at radius 3 is 2.50 bits per heavy atom. The number of nitrogens with one attached hydrogen (secondary N) is 1. The molecule has 0 unspecified atom stereocenters. The number of sulfonamides is 1. The minimum absolute atomic E-state index is 0.00468. The van der Waals surface area contributed by atoms with E-state index in [1.807, 2.05) is 50.2 Å². The van der Waals surface area contributed by atoms with Crippen LogP contribution in [-0.4, -0.2) is 37.3 Å². The number of carbonyl (C=O) groups is 1. The highest BCUT2D eigenvalue weighted by molar-refractivity contribution is 7.92. The highest BCUT2D eigenvalue weighted by atomic mass is 32.2. The van der Waals surface area contributed by atoms with Crippen LogP contribution in [0.1, 0.15) is 23.9 Å². The van der Waals surface area contributed by atoms with E-state index >= 15 is 0 Å². The number of carbonyl (C=O) groups excluding carboxylic acids is 1. The van der Waals surface area contributed by atoms with Crippen molar-refractivity contribution in [2.75, 3.05) is 17.1 Å². The fourth-order valence-electron chi connectivity index (χ4n) is 2.94. The van der Waals surface area contributed by atoms with Gasteiger partial charge in [0.15, 0.2) is 0 Å². The third kappa shape index (κ3) is 5.24. The maximum atomic E-state index is 12.5. The highest BCUT2D eigenvalue weighted by Crippen LogP contribution is 2.23. The minimum atomic E-state index is -3.64. The fraction of sp³-hybridized carbons (Fsp3) is 0.286. The van der Waals surface area contributed by atoms with E-state index in [1.165, 1.54) is 0 Å². The maximum Gasteiger partial charge on any atom is 0.246 e. The van der Waals surface area contributed by atoms with Crippen molar-refractivity contribution in [1.82, 2.24) is 15.5 Å². The molecule has 1 aromatic heterocycles. The standard InChI is InChI=1S/C21H24N4O4S/c1-4-16-7-5-6-8-18(16)25(30(3,27)28)14-19(26)22-13-20-23-21(24-29-20)17-11-9-15(2)10-12-17/h5-12H,4,13-14H2,1-3H3,(H,22,26). The molecule has 30 heavy (non-hydrogen) atoms. The number of anilines is 1. The first-order chi connectivity index (χ1) is 14.3. The maximum absolute atomic E-state index is 12.5. The Labute approximate surface area is 176 Å². The van der Waals surface area contributed by atoms with Crippen LogP contribution in [0.4, 0.5) is 5.69 Å². The molecule has 158 valence electrons. The average Bonchev–Trinajstić information content (AvgIpc) is 3.19. The van der Waals surface area contributed by atoms with Crippen LogP contribution in [0.2, 0.25) is 0 Å². The molecule has 1 N–H and O–H groups in total. The van der Waals surface area contributed by atoms with Gasteiger partial charge in [0.2, 0.25) is 27.6 Å². The van der Waals surface area contributed by atoms with Crippen molar-refractivity contribution >= 4 is 21.6 Å². The zero-order chi connectivity index (χ0) is 21.7. The Balaban J connectivity index is 1.67. The average molecular weight is 429 g/mol. The fourth-order valence-corrected chi connectivity index (χ4v) is 3.83. The molecule has 0 spiro atoms. The monoisotopic (exact) mass is 428 g/mol. The molecule has 8 nitrogen and oxygen atoms in total. The van der Waals surface area contributed by atoms with Crippen molar-refractivity contribution in [3.05, 3.63) is 65.5 Å². The van der Waals surface area contributed by atoms with Crippen LogP contribution in [-0.2, 0) is 27.8 Å². The van der Waals surface area contributed by atoms with Crippen LogP contribution >= 0.6 is 0 Å². The predicted molar refractivity (Wildman–Crippen MR) is 114 cm³/mol. The molecule has 0 bridgehead atoms. The number of hydrogen-bond donors (Lipinski definition) is 1. The minimum Gasteiger partial charge on any atom is -0.345 e. The lowest BCUT2D eigenvalue weighted by Crippen LogP contribution is -2.40. The molecule has 0 radical (unpaired) electrons. The van der Waals surface area contributed by atoms with Gasteiger partial charge in [0.25, 0.3) is 0 Å². The molecule has 1 amide bonds. The van der Waals surface area contributed by atoms with Crippen LogP contribution in [0, 0.1) is 6.92 Å². The summed E-state index contributed by atoms with van der Waals surface area (Å²) in [6.07, 6.45) is 1.73. The number of hydrogen-bond acceptors (Lipinski definition) is 6. The number of benzene rings is 2. The number of para-hydroxylation sites is 1. The Morgan fingerprint density at radius 2 is 1.83 bits per heavy atom. The zero-order valence-corrected chi connectivity index (χ0v) is 17.9. The summed E-state index contributed by atoms with van der Waals surface area (Å²) in [6.45, 7) is 3.58. The van der Waals surface area contributed by atoms with E-state index in [0.717, 1.165) is 27.3 Å². The second-order valence-corrected chi connectivity index (χ2v) is 8.81. The van der Waals surface area contributed by atoms with Crippen LogP contribution in [0.3, 0.4) is 0 Å². The summed E-state index contributed by atoms with van der Waals surface area (Å²) < 4.78 is 30.9. The first kappa shape index (κ1) is 21.5. The topological polar surface area (TPSA) is 105 Å². The van der Waals surface area contributed by atoms with Crippen LogP contribution in [0.25, 0.3) is 11.4 Å². The summed E-state index contributed by atoms with van der Waals surface area (Å²) in [5.41, 5.74) is 3.27. The van der Waals surface area contributed by atoms with Gasteiger partial charge in [-0.05, 0) is 25.0 Å². The molecule has 0 saturated carbocycles. The molecule has 0 aliphatic heterocycles. The normalized spacial score (nSPS) is 11.3. The smallest absolute Gasteiger partial charge is 0.246 e. The van der Waals surface area contributed by atoms with E-state index in [-0.39, 0.29) is 19.0 Å². The Bertz CT molecular complexity index is 1120. The first-order valence-electron chi connectivity index (χ1n) is 9.50. The van der Waals surface area contributed by atoms with E-state index in [4.69, 9.17) is 4.52 Å². The SMILES string of the molecule is CCc1ccccc1N(CC(=O)NCc1nc(-c2ccc(C)cc2)no1)S(C)(=O)=O. The van der Waals surface area contributed by atoms with Gasteiger partial charge in [-0.3, -0.25) is 9.10 Å². The molecule has 0 atom stereocenters. The van der Waals surface area contributed by atoms with Gasteiger partial charge >= 0.3 is 0 Å². The second kappa shape index (κ2) is 9.08. The molecule has 3 aromatic rings. The summed E-state index contributed by atoms with van der Waals surface area (Å²) in [7, 11) is -3.64. The number of aromatic nitrogens is 2. The van der Waals surface area contributed by atoms with Crippen LogP contribution in [0.5, 0.6) is 0 Å². The lowest BCUT2D eigenvalue weighted by molar-refractivity contribution is -0.119. The van der Waals surface area contributed by atoms with Gasteiger partial charge in [0, 0.05) is 5.56 Å². The van der Waals surface area contributed by atoms with E-state index < -0.39 is 15.9 Å². The molecule has 2 aromatic carbocycles. The predicted octanol–water partition coefficient (Wildman–Crippen LogP) is 2.69. The van der Waals surface area contributed by atoms with Crippen molar-refractivity contribution in [2.45, 2.75) is 26.8 Å². The second-order valence-electron chi connectivity index (χ2n) is 6.91. The summed E-state index contributed by atoms with van der Waals surface area (Å²) in [5, 5.41) is 6.56. The van der Waals surface area contributed by atoms with E-state index in [0.29, 0.717) is 17.9 Å². The molecule has 3 rings (SSSR count). The summed E-state index contributed by atoms with van der Waals surface area (Å²) in [6, 6.07) is 14.8. The highest BCUT2D eigenvalue weighted by Gasteiger charge is 2.23. The number of aryl methyl sites for hydroxylation is 2. The number of rotatable bonds is 8. The van der Waals surface area contributed by atoms with Crippen molar-refractivity contribution in [1.29, 1.82) is 0 Å². The molecule has 9 heteroatoms. The molecule has 0 saturated heterocycles. The van der Waals surface area contributed by atoms with E-state index in [9.17, 15) is 13.2 Å². The van der Waals surface area contributed by atoms with Crippen molar-refractivity contribution in [2.24, 2.45) is 0 Å². The van der Waals surface area contributed by atoms with E-state index in [1.54, 1.807) is 12.1 Å². The van der Waals surface area contributed by atoms with Crippen molar-refractivity contribution in [3.8, 4) is 11.4 Å². The summed E-state index contributed by atoms with van der Waals surface area (Å²) in [5.74, 6) is 0.189. The van der Waals surface area contributed by atoms with Gasteiger partial charge in [0.1, 0.15) is 6.54 Å². The van der Waals surface area contributed by atoms with Gasteiger partial charge in [0.05, 0.1) is 18.5 Å². The van der Waals surface area contributed by atoms with Crippen molar-refractivity contribution in [3.63, 3.8) is 0 Å². The zero-order valence-electron chi connectivity index (χ0n) is 17.1. The molecular formula is C21H24N4O4S. The molecular weight excluding hydrogens is 404 g/mol. The van der Waals surface area contributed by atoms with Gasteiger partial charge in [-0.2, -0.15) is 4.98 Å². The number of nitrogens with zero attached hydrogens (tertiary/aromatic N) is 3. The Morgan fingerprint density at radius 1 is 1.13 bits per heavy atom. The van der Waals surface area contributed by atoms with Crippen LogP contribution < -0.4 is 9.62 Å². The Hall–Kier alpha value is -3.20. The molecule has 0 aliphatic rings. The molecule has 0 aliphatic carbocycles. The third-order valence-corrected chi connectivity index (χ3v) is 5.67. The largest absolute Gasteiger partial charge is 0.345 e.